The molecule has 0 aliphatic carbocycles. The number of carboxylic acid groups (broad SMARTS) is 1. The highest BCUT2D eigenvalue weighted by atomic mass is 35.5. The van der Waals surface area contributed by atoms with Gasteiger partial charge in [-0.15, -0.1) is 0 Å². The van der Waals surface area contributed by atoms with Gasteiger partial charge < -0.3 is 10.4 Å². The number of rotatable bonds is 4. The minimum absolute atomic E-state index is 0.0663. The first-order valence-electron chi connectivity index (χ1n) is 7.41. The van der Waals surface area contributed by atoms with Gasteiger partial charge in [-0.3, -0.25) is 9.20 Å². The molecule has 25 heavy (non-hydrogen) atoms. The molecule has 0 bridgehead atoms. The molecule has 2 heterocycles. The molecular weight excluding hydrogens is 349 g/mol. The van der Waals surface area contributed by atoms with Crippen LogP contribution in [0.5, 0.6) is 0 Å². The van der Waals surface area contributed by atoms with Gasteiger partial charge >= 0.3 is 5.97 Å². The molecule has 0 saturated heterocycles. The van der Waals surface area contributed by atoms with Crippen LogP contribution in [0.4, 0.5) is 10.1 Å². The molecule has 1 aromatic carbocycles. The Morgan fingerprint density at radius 3 is 2.76 bits per heavy atom. The molecule has 0 fully saturated rings. The van der Waals surface area contributed by atoms with Crippen LogP contribution < -0.4 is 5.32 Å². The number of nitrogens with zero attached hydrogens (tertiary/aromatic N) is 2. The molecule has 128 valence electrons. The summed E-state index contributed by atoms with van der Waals surface area (Å²) in [7, 11) is 0. The summed E-state index contributed by atoms with van der Waals surface area (Å²) in [6, 6.07) is 6.88. The summed E-state index contributed by atoms with van der Waals surface area (Å²) in [4.78, 5) is 28.1. The van der Waals surface area contributed by atoms with Gasteiger partial charge in [-0.05, 0) is 36.8 Å². The molecule has 0 radical (unpaired) electrons. The van der Waals surface area contributed by atoms with Crippen molar-refractivity contribution in [1.82, 2.24) is 9.38 Å². The lowest BCUT2D eigenvalue weighted by atomic mass is 10.2. The molecule has 0 aliphatic heterocycles. The molecular formula is C17H13ClFN3O3. The second kappa shape index (κ2) is 6.52. The van der Waals surface area contributed by atoms with E-state index in [0.717, 1.165) is 0 Å². The zero-order valence-electron chi connectivity index (χ0n) is 13.1. The van der Waals surface area contributed by atoms with Gasteiger partial charge in [0.15, 0.2) is 0 Å². The second-order valence-electron chi connectivity index (χ2n) is 5.29. The first-order valence-corrected chi connectivity index (χ1v) is 7.79. The van der Waals surface area contributed by atoms with Crippen LogP contribution in [-0.2, 0) is 6.42 Å². The Hall–Kier alpha value is -2.93. The third kappa shape index (κ3) is 3.18. The van der Waals surface area contributed by atoms with E-state index in [-0.39, 0.29) is 22.0 Å². The van der Waals surface area contributed by atoms with Crippen molar-refractivity contribution in [3.63, 3.8) is 0 Å². The number of hydrogen-bond donors (Lipinski definition) is 2. The van der Waals surface area contributed by atoms with Gasteiger partial charge in [0.05, 0.1) is 16.3 Å². The zero-order valence-corrected chi connectivity index (χ0v) is 13.8. The van der Waals surface area contributed by atoms with Gasteiger partial charge in [0.2, 0.25) is 0 Å². The predicted molar refractivity (Wildman–Crippen MR) is 90.9 cm³/mol. The number of anilines is 1. The number of halogens is 2. The standard InChI is InChI=1S/C17H13ClFN3O3/c1-2-13-15(22-8-9(19)3-6-14(22)21-13)16(23)20-10-4-5-12(18)11(7-10)17(24)25/h3-8H,2H2,1H3,(H,20,23)(H,24,25). The number of pyridine rings is 1. The summed E-state index contributed by atoms with van der Waals surface area (Å²) in [5, 5.41) is 11.8. The Bertz CT molecular complexity index is 1000. The van der Waals surface area contributed by atoms with Crippen molar-refractivity contribution >= 4 is 34.8 Å². The highest BCUT2D eigenvalue weighted by Gasteiger charge is 2.19. The van der Waals surface area contributed by atoms with Crippen molar-refractivity contribution in [2.75, 3.05) is 5.32 Å². The fourth-order valence-corrected chi connectivity index (χ4v) is 2.71. The van der Waals surface area contributed by atoms with Crippen molar-refractivity contribution in [3.05, 3.63) is 64.3 Å². The number of benzene rings is 1. The first kappa shape index (κ1) is 16.9. The monoisotopic (exact) mass is 361 g/mol. The summed E-state index contributed by atoms with van der Waals surface area (Å²) in [6.07, 6.45) is 1.66. The minimum atomic E-state index is -1.20. The fraction of sp³-hybridized carbons (Fsp3) is 0.118. The molecule has 0 unspecified atom stereocenters. The SMILES string of the molecule is CCc1nc2ccc(F)cn2c1C(=O)Nc1ccc(Cl)c(C(=O)O)c1. The lowest BCUT2D eigenvalue weighted by Crippen LogP contribution is -2.16. The van der Waals surface area contributed by atoms with Gasteiger partial charge in [-0.25, -0.2) is 14.2 Å². The Kier molecular flexibility index (Phi) is 4.41. The molecule has 0 atom stereocenters. The third-order valence-corrected chi connectivity index (χ3v) is 3.99. The van der Waals surface area contributed by atoms with Crippen molar-refractivity contribution in [3.8, 4) is 0 Å². The number of amides is 1. The Morgan fingerprint density at radius 1 is 1.32 bits per heavy atom. The Morgan fingerprint density at radius 2 is 2.08 bits per heavy atom. The summed E-state index contributed by atoms with van der Waals surface area (Å²) < 4.78 is 14.9. The summed E-state index contributed by atoms with van der Waals surface area (Å²) >= 11 is 5.82. The maximum atomic E-state index is 13.5. The minimum Gasteiger partial charge on any atom is -0.478 e. The van der Waals surface area contributed by atoms with Crippen molar-refractivity contribution in [1.29, 1.82) is 0 Å². The highest BCUT2D eigenvalue weighted by Crippen LogP contribution is 2.22. The maximum absolute atomic E-state index is 13.5. The van der Waals surface area contributed by atoms with E-state index in [1.54, 1.807) is 0 Å². The number of aromatic carboxylic acids is 1. The molecule has 2 N–H and O–H groups in total. The molecule has 3 rings (SSSR count). The third-order valence-electron chi connectivity index (χ3n) is 3.66. The molecule has 0 spiro atoms. The summed E-state index contributed by atoms with van der Waals surface area (Å²) in [5.41, 5.74) is 1.30. The average Bonchev–Trinajstić information content (AvgIpc) is 2.94. The van der Waals surface area contributed by atoms with Crippen LogP contribution in [0.1, 0.15) is 33.5 Å². The lowest BCUT2D eigenvalue weighted by molar-refractivity contribution is 0.0696. The van der Waals surface area contributed by atoms with Crippen LogP contribution in [-0.4, -0.2) is 26.4 Å². The molecule has 3 aromatic rings. The van der Waals surface area contributed by atoms with Crippen molar-refractivity contribution < 1.29 is 19.1 Å². The number of imidazole rings is 1. The molecule has 0 saturated carbocycles. The number of hydrogen-bond acceptors (Lipinski definition) is 3. The van der Waals surface area contributed by atoms with Crippen LogP contribution in [0.25, 0.3) is 5.65 Å². The smallest absolute Gasteiger partial charge is 0.337 e. The molecule has 1 amide bonds. The van der Waals surface area contributed by atoms with Crippen LogP contribution in [0.2, 0.25) is 5.02 Å². The number of fused-ring (bicyclic) bond motifs is 1. The fourth-order valence-electron chi connectivity index (χ4n) is 2.51. The van der Waals surface area contributed by atoms with Gasteiger partial charge in [0.1, 0.15) is 17.2 Å². The van der Waals surface area contributed by atoms with Crippen LogP contribution in [0.3, 0.4) is 0 Å². The van der Waals surface area contributed by atoms with Gasteiger partial charge in [0, 0.05) is 11.9 Å². The number of nitrogens with one attached hydrogen (secondary N) is 1. The van der Waals surface area contributed by atoms with Gasteiger partial charge in [0.25, 0.3) is 5.91 Å². The topological polar surface area (TPSA) is 83.7 Å². The van der Waals surface area contributed by atoms with Crippen LogP contribution in [0, 0.1) is 5.82 Å². The van der Waals surface area contributed by atoms with Gasteiger partial charge in [-0.1, -0.05) is 18.5 Å². The Labute approximate surface area is 146 Å². The quantitative estimate of drug-likeness (QED) is 0.743. The van der Waals surface area contributed by atoms with Crippen molar-refractivity contribution in [2.24, 2.45) is 0 Å². The summed E-state index contributed by atoms with van der Waals surface area (Å²) in [6.45, 7) is 1.83. The van der Waals surface area contributed by atoms with E-state index in [0.29, 0.717) is 17.8 Å². The molecule has 6 nitrogen and oxygen atoms in total. The van der Waals surface area contributed by atoms with E-state index in [4.69, 9.17) is 16.7 Å². The number of carbonyl (C=O) groups excluding carboxylic acids is 1. The Balaban J connectivity index is 2.02. The van der Waals surface area contributed by atoms with E-state index in [9.17, 15) is 14.0 Å². The van der Waals surface area contributed by atoms with Crippen LogP contribution >= 0.6 is 11.6 Å². The van der Waals surface area contributed by atoms with E-state index in [2.05, 4.69) is 10.3 Å². The van der Waals surface area contributed by atoms with Crippen molar-refractivity contribution in [2.45, 2.75) is 13.3 Å². The summed E-state index contributed by atoms with van der Waals surface area (Å²) in [5.74, 6) is -2.22. The number of carbonyl (C=O) groups is 2. The normalized spacial score (nSPS) is 10.8. The molecule has 2 aromatic heterocycles. The first-order chi connectivity index (χ1) is 11.9. The molecule has 8 heteroatoms. The van der Waals surface area contributed by atoms with Gasteiger partial charge in [-0.2, -0.15) is 0 Å². The van der Waals surface area contributed by atoms with Crippen LogP contribution in [0.15, 0.2) is 36.5 Å². The van der Waals surface area contributed by atoms with E-state index in [1.807, 2.05) is 6.92 Å². The number of aryl methyl sites for hydroxylation is 1. The maximum Gasteiger partial charge on any atom is 0.337 e. The zero-order chi connectivity index (χ0) is 18.1. The highest BCUT2D eigenvalue weighted by molar-refractivity contribution is 6.33. The van der Waals surface area contributed by atoms with E-state index >= 15 is 0 Å². The second-order valence-corrected chi connectivity index (χ2v) is 5.70. The molecule has 0 aliphatic rings. The number of aromatic nitrogens is 2. The van der Waals surface area contributed by atoms with E-state index in [1.165, 1.54) is 40.9 Å². The van der Waals surface area contributed by atoms with E-state index < -0.39 is 17.7 Å². The predicted octanol–water partition coefficient (Wildman–Crippen LogP) is 3.64. The largest absolute Gasteiger partial charge is 0.478 e. The number of carboxylic acids is 1. The lowest BCUT2D eigenvalue weighted by Gasteiger charge is -2.08. The average molecular weight is 362 g/mol.